The van der Waals surface area contributed by atoms with Crippen LogP contribution in [0.2, 0.25) is 0 Å². The Bertz CT molecular complexity index is 652. The van der Waals surface area contributed by atoms with Crippen molar-refractivity contribution >= 4 is 28.9 Å². The molecule has 2 aromatic carbocycles. The van der Waals surface area contributed by atoms with Crippen molar-refractivity contribution in [3.8, 4) is 0 Å². The van der Waals surface area contributed by atoms with E-state index < -0.39 is 5.97 Å². The van der Waals surface area contributed by atoms with Gasteiger partial charge in [-0.25, -0.2) is 4.79 Å². The second-order valence-electron chi connectivity index (χ2n) is 4.56. The van der Waals surface area contributed by atoms with Gasteiger partial charge >= 0.3 is 5.97 Å². The molecule has 0 fully saturated rings. The van der Waals surface area contributed by atoms with Gasteiger partial charge in [-0.05, 0) is 24.6 Å². The fraction of sp³-hybridized carbons (Fsp3) is 0.125. The highest BCUT2D eigenvalue weighted by Crippen LogP contribution is 2.16. The van der Waals surface area contributed by atoms with Gasteiger partial charge < -0.3 is 10.4 Å². The Morgan fingerprint density at radius 2 is 1.95 bits per heavy atom. The fourth-order valence-corrected chi connectivity index (χ4v) is 2.26. The third kappa shape index (κ3) is 3.65. The van der Waals surface area contributed by atoms with Crippen LogP contribution in [0.3, 0.4) is 0 Å². The van der Waals surface area contributed by atoms with Crippen molar-refractivity contribution in [1.29, 1.82) is 0 Å². The van der Waals surface area contributed by atoms with Gasteiger partial charge in [-0.2, -0.15) is 0 Å². The van der Waals surface area contributed by atoms with Crippen molar-refractivity contribution in [2.45, 2.75) is 13.3 Å². The molecule has 102 valence electrons. The van der Waals surface area contributed by atoms with Crippen LogP contribution in [0.4, 0.5) is 5.69 Å². The third-order valence-electron chi connectivity index (χ3n) is 2.88. The third-order valence-corrected chi connectivity index (χ3v) is 3.13. The minimum absolute atomic E-state index is 0.221. The minimum Gasteiger partial charge on any atom is -0.478 e. The maximum Gasteiger partial charge on any atom is 0.337 e. The number of para-hydroxylation sites is 1. The van der Waals surface area contributed by atoms with Gasteiger partial charge in [0, 0.05) is 6.42 Å². The predicted molar refractivity (Wildman–Crippen MR) is 84.5 cm³/mol. The maximum absolute atomic E-state index is 11.1. The first-order valence-electron chi connectivity index (χ1n) is 6.24. The summed E-state index contributed by atoms with van der Waals surface area (Å²) < 4.78 is 0. The molecule has 0 bridgehead atoms. The van der Waals surface area contributed by atoms with Gasteiger partial charge in [0.1, 0.15) is 0 Å². The number of carboxylic acid groups (broad SMARTS) is 1. The molecular weight excluding hydrogens is 270 g/mol. The number of hydrogen-bond acceptors (Lipinski definition) is 2. The summed E-state index contributed by atoms with van der Waals surface area (Å²) in [7, 11) is 0. The molecule has 0 aliphatic heterocycles. The monoisotopic (exact) mass is 285 g/mol. The highest BCUT2D eigenvalue weighted by Gasteiger charge is 2.10. The van der Waals surface area contributed by atoms with Gasteiger partial charge in [0.15, 0.2) is 0 Å². The number of nitrogens with one attached hydrogen (secondary N) is 1. The molecule has 3 nitrogen and oxygen atoms in total. The van der Waals surface area contributed by atoms with E-state index in [9.17, 15) is 4.79 Å². The molecule has 4 heteroatoms. The lowest BCUT2D eigenvalue weighted by Gasteiger charge is -2.11. The van der Waals surface area contributed by atoms with Gasteiger partial charge in [0.05, 0.1) is 16.2 Å². The molecule has 0 atom stereocenters. The van der Waals surface area contributed by atoms with Gasteiger partial charge in [0.2, 0.25) is 0 Å². The van der Waals surface area contributed by atoms with E-state index in [1.165, 1.54) is 5.56 Å². The lowest BCUT2D eigenvalue weighted by atomic mass is 10.1. The van der Waals surface area contributed by atoms with Crippen molar-refractivity contribution < 1.29 is 9.90 Å². The number of anilines is 1. The smallest absolute Gasteiger partial charge is 0.337 e. The van der Waals surface area contributed by atoms with Crippen LogP contribution in [-0.4, -0.2) is 16.1 Å². The largest absolute Gasteiger partial charge is 0.478 e. The van der Waals surface area contributed by atoms with Crippen molar-refractivity contribution in [2.75, 3.05) is 5.32 Å². The number of carboxylic acids is 1. The second kappa shape index (κ2) is 6.30. The van der Waals surface area contributed by atoms with E-state index in [0.717, 1.165) is 5.56 Å². The molecule has 0 unspecified atom stereocenters. The SMILES string of the molecule is Cc1cccc(CC(=S)Nc2ccccc2C(=O)O)c1. The van der Waals surface area contributed by atoms with E-state index in [1.807, 2.05) is 25.1 Å². The molecule has 0 saturated carbocycles. The standard InChI is InChI=1S/C16H15NO2S/c1-11-5-4-6-12(9-11)10-15(20)17-14-8-3-2-7-13(14)16(18)19/h2-9H,10H2,1H3,(H,17,20)(H,18,19). The van der Waals surface area contributed by atoms with Crippen LogP contribution >= 0.6 is 12.2 Å². The summed E-state index contributed by atoms with van der Waals surface area (Å²) in [6.45, 7) is 2.03. The van der Waals surface area contributed by atoms with E-state index in [0.29, 0.717) is 17.1 Å². The van der Waals surface area contributed by atoms with Crippen LogP contribution < -0.4 is 5.32 Å². The van der Waals surface area contributed by atoms with Crippen LogP contribution in [-0.2, 0) is 6.42 Å². The number of aryl methyl sites for hydroxylation is 1. The highest BCUT2D eigenvalue weighted by molar-refractivity contribution is 7.80. The molecule has 0 heterocycles. The fourth-order valence-electron chi connectivity index (χ4n) is 1.98. The predicted octanol–water partition coefficient (Wildman–Crippen LogP) is 3.68. The normalized spacial score (nSPS) is 10.1. The highest BCUT2D eigenvalue weighted by atomic mass is 32.1. The average Bonchev–Trinajstić information content (AvgIpc) is 2.38. The Kier molecular flexibility index (Phi) is 4.48. The van der Waals surface area contributed by atoms with Gasteiger partial charge in [-0.15, -0.1) is 0 Å². The van der Waals surface area contributed by atoms with E-state index >= 15 is 0 Å². The molecule has 0 radical (unpaired) electrons. The zero-order chi connectivity index (χ0) is 14.5. The lowest BCUT2D eigenvalue weighted by Crippen LogP contribution is -2.14. The van der Waals surface area contributed by atoms with Gasteiger partial charge in [-0.3, -0.25) is 0 Å². The molecule has 0 aromatic heterocycles. The Hall–Kier alpha value is -2.20. The maximum atomic E-state index is 11.1. The van der Waals surface area contributed by atoms with Crippen molar-refractivity contribution in [1.82, 2.24) is 0 Å². The first-order valence-corrected chi connectivity index (χ1v) is 6.65. The van der Waals surface area contributed by atoms with E-state index in [2.05, 4.69) is 11.4 Å². The number of hydrogen-bond donors (Lipinski definition) is 2. The zero-order valence-electron chi connectivity index (χ0n) is 11.1. The van der Waals surface area contributed by atoms with Crippen LogP contribution in [0.5, 0.6) is 0 Å². The van der Waals surface area contributed by atoms with E-state index in [1.54, 1.807) is 24.3 Å². The number of benzene rings is 2. The van der Waals surface area contributed by atoms with Crippen LogP contribution in [0, 0.1) is 6.92 Å². The molecule has 2 rings (SSSR count). The molecule has 2 N–H and O–H groups in total. The zero-order valence-corrected chi connectivity index (χ0v) is 11.9. The number of rotatable bonds is 4. The molecule has 0 spiro atoms. The first kappa shape index (κ1) is 14.2. The average molecular weight is 285 g/mol. The molecular formula is C16H15NO2S. The lowest BCUT2D eigenvalue weighted by molar-refractivity contribution is 0.0698. The quantitative estimate of drug-likeness (QED) is 0.841. The number of carbonyl (C=O) groups is 1. The summed E-state index contributed by atoms with van der Waals surface area (Å²) in [4.78, 5) is 11.7. The summed E-state index contributed by atoms with van der Waals surface area (Å²) in [5, 5.41) is 12.1. The summed E-state index contributed by atoms with van der Waals surface area (Å²) in [5.74, 6) is -0.966. The molecule has 20 heavy (non-hydrogen) atoms. The van der Waals surface area contributed by atoms with E-state index in [-0.39, 0.29) is 5.56 Å². The number of aromatic carboxylic acids is 1. The second-order valence-corrected chi connectivity index (χ2v) is 5.06. The summed E-state index contributed by atoms with van der Waals surface area (Å²) in [5.41, 5.74) is 3.03. The first-order chi connectivity index (χ1) is 9.56. The topological polar surface area (TPSA) is 49.3 Å². The molecule has 0 aliphatic rings. The van der Waals surface area contributed by atoms with Crippen molar-refractivity contribution in [3.63, 3.8) is 0 Å². The van der Waals surface area contributed by atoms with Gasteiger partial charge in [0.25, 0.3) is 0 Å². The number of thiocarbonyl (C=S) groups is 1. The van der Waals surface area contributed by atoms with Crippen LogP contribution in [0.1, 0.15) is 21.5 Å². The minimum atomic E-state index is -0.966. The molecule has 0 saturated heterocycles. The Morgan fingerprint density at radius 1 is 1.20 bits per heavy atom. The Morgan fingerprint density at radius 3 is 2.65 bits per heavy atom. The molecule has 0 aliphatic carbocycles. The van der Waals surface area contributed by atoms with E-state index in [4.69, 9.17) is 17.3 Å². The van der Waals surface area contributed by atoms with Crippen LogP contribution in [0.25, 0.3) is 0 Å². The van der Waals surface area contributed by atoms with Crippen molar-refractivity contribution in [3.05, 3.63) is 65.2 Å². The van der Waals surface area contributed by atoms with Crippen LogP contribution in [0.15, 0.2) is 48.5 Å². The summed E-state index contributed by atoms with van der Waals surface area (Å²) in [6.07, 6.45) is 0.588. The molecule has 2 aromatic rings. The van der Waals surface area contributed by atoms with Crippen molar-refractivity contribution in [2.24, 2.45) is 0 Å². The summed E-state index contributed by atoms with van der Waals surface area (Å²) in [6, 6.07) is 14.8. The Balaban J connectivity index is 2.11. The summed E-state index contributed by atoms with van der Waals surface area (Å²) >= 11 is 5.30. The molecule has 0 amide bonds. The van der Waals surface area contributed by atoms with Gasteiger partial charge in [-0.1, -0.05) is 54.2 Å². The Labute approximate surface area is 123 Å².